The number of nitrogens with one attached hydrogen (secondary N) is 2. The van der Waals surface area contributed by atoms with Crippen LogP contribution in [0.15, 0.2) is 24.4 Å². The third kappa shape index (κ3) is 3.42. The summed E-state index contributed by atoms with van der Waals surface area (Å²) < 4.78 is 0. The zero-order valence-electron chi connectivity index (χ0n) is 18.8. The topological polar surface area (TPSA) is 90.6 Å². The van der Waals surface area contributed by atoms with Gasteiger partial charge >= 0.3 is 0 Å². The Bertz CT molecular complexity index is 1100. The fourth-order valence-electron chi connectivity index (χ4n) is 6.50. The van der Waals surface area contributed by atoms with Gasteiger partial charge in [-0.3, -0.25) is 4.79 Å². The lowest BCUT2D eigenvalue weighted by molar-refractivity contribution is -0.138. The van der Waals surface area contributed by atoms with Crippen molar-refractivity contribution >= 4 is 16.8 Å². The van der Waals surface area contributed by atoms with E-state index >= 15 is 0 Å². The molecular formula is C25H32N6O. The van der Waals surface area contributed by atoms with E-state index in [-0.39, 0.29) is 5.92 Å². The number of rotatable bonds is 5. The largest absolute Gasteiger partial charge is 0.361 e. The van der Waals surface area contributed by atoms with Crippen LogP contribution in [0, 0.1) is 5.92 Å². The second-order valence-corrected chi connectivity index (χ2v) is 10.2. The molecule has 32 heavy (non-hydrogen) atoms. The molecule has 3 heterocycles. The highest BCUT2D eigenvalue weighted by Crippen LogP contribution is 2.46. The van der Waals surface area contributed by atoms with Crippen LogP contribution in [0.2, 0.25) is 0 Å². The number of piperidine rings is 1. The van der Waals surface area contributed by atoms with Crippen LogP contribution in [0.25, 0.3) is 10.9 Å². The average Bonchev–Trinajstić information content (AvgIpc) is 3.33. The van der Waals surface area contributed by atoms with E-state index in [9.17, 15) is 4.79 Å². The van der Waals surface area contributed by atoms with Crippen molar-refractivity contribution in [1.82, 2.24) is 30.5 Å². The van der Waals surface area contributed by atoms with Crippen molar-refractivity contribution in [2.75, 3.05) is 6.54 Å². The van der Waals surface area contributed by atoms with Crippen molar-refractivity contribution in [1.29, 1.82) is 0 Å². The summed E-state index contributed by atoms with van der Waals surface area (Å²) in [6, 6.07) is 6.91. The first-order chi connectivity index (χ1) is 15.7. The number of aromatic nitrogens is 5. The van der Waals surface area contributed by atoms with Gasteiger partial charge in [0.25, 0.3) is 0 Å². The molecular weight excluding hydrogens is 400 g/mol. The summed E-state index contributed by atoms with van der Waals surface area (Å²) in [6.45, 7) is 3.10. The predicted molar refractivity (Wildman–Crippen MR) is 122 cm³/mol. The molecule has 1 aromatic carbocycles. The first kappa shape index (κ1) is 19.9. The van der Waals surface area contributed by atoms with E-state index < -0.39 is 0 Å². The molecule has 4 unspecified atom stereocenters. The molecule has 0 spiro atoms. The molecule has 168 valence electrons. The molecule has 1 saturated heterocycles. The zero-order valence-corrected chi connectivity index (χ0v) is 18.8. The summed E-state index contributed by atoms with van der Waals surface area (Å²) in [4.78, 5) is 19.3. The van der Waals surface area contributed by atoms with Gasteiger partial charge in [-0.2, -0.15) is 5.21 Å². The minimum Gasteiger partial charge on any atom is -0.361 e. The Morgan fingerprint density at radius 3 is 2.91 bits per heavy atom. The molecule has 2 aliphatic carbocycles. The number of amides is 1. The number of tetrazole rings is 1. The highest BCUT2D eigenvalue weighted by Gasteiger charge is 2.42. The molecule has 0 bridgehead atoms. The van der Waals surface area contributed by atoms with Crippen LogP contribution in [-0.2, 0) is 4.79 Å². The molecule has 3 aromatic rings. The Labute approximate surface area is 188 Å². The van der Waals surface area contributed by atoms with Gasteiger partial charge in [-0.25, -0.2) is 0 Å². The number of carbonyl (C=O) groups is 1. The molecule has 2 aromatic heterocycles. The van der Waals surface area contributed by atoms with Crippen molar-refractivity contribution in [3.63, 3.8) is 0 Å². The Morgan fingerprint density at radius 2 is 2.09 bits per heavy atom. The Balaban J connectivity index is 1.22. The van der Waals surface area contributed by atoms with Crippen LogP contribution in [0.4, 0.5) is 0 Å². The van der Waals surface area contributed by atoms with Crippen molar-refractivity contribution in [3.8, 4) is 0 Å². The Morgan fingerprint density at radius 1 is 1.19 bits per heavy atom. The quantitative estimate of drug-likeness (QED) is 0.615. The smallest absolute Gasteiger partial charge is 0.223 e. The SMILES string of the molecule is CC(CC(=O)N1CCCC2C(c3nn[nH]n3)CCCC21)c1c[nH]c2cccc(C3CC3)c12. The lowest BCUT2D eigenvalue weighted by Crippen LogP contribution is -2.51. The maximum absolute atomic E-state index is 13.6. The van der Waals surface area contributed by atoms with Gasteiger partial charge in [0.05, 0.1) is 0 Å². The molecule has 2 saturated carbocycles. The summed E-state index contributed by atoms with van der Waals surface area (Å²) in [5, 5.41) is 16.3. The van der Waals surface area contributed by atoms with E-state index in [1.807, 2.05) is 0 Å². The van der Waals surface area contributed by atoms with Crippen molar-refractivity contribution in [3.05, 3.63) is 41.3 Å². The van der Waals surface area contributed by atoms with Crippen molar-refractivity contribution in [2.45, 2.75) is 82.1 Å². The van der Waals surface area contributed by atoms with Crippen molar-refractivity contribution < 1.29 is 4.79 Å². The average molecular weight is 433 g/mol. The lowest BCUT2D eigenvalue weighted by Gasteiger charge is -2.47. The molecule has 4 atom stereocenters. The molecule has 1 aliphatic heterocycles. The summed E-state index contributed by atoms with van der Waals surface area (Å²) in [5.41, 5.74) is 3.97. The number of likely N-dealkylation sites (tertiary alicyclic amines) is 1. The number of aromatic amines is 2. The number of H-pyrrole nitrogens is 2. The lowest BCUT2D eigenvalue weighted by atomic mass is 9.70. The number of benzene rings is 1. The maximum Gasteiger partial charge on any atom is 0.223 e. The van der Waals surface area contributed by atoms with E-state index in [1.54, 1.807) is 0 Å². The summed E-state index contributed by atoms with van der Waals surface area (Å²) in [6.07, 6.45) is 10.8. The zero-order chi connectivity index (χ0) is 21.7. The highest BCUT2D eigenvalue weighted by atomic mass is 16.2. The number of nitrogens with zero attached hydrogens (tertiary/aromatic N) is 4. The normalized spacial score (nSPS) is 26.8. The number of fused-ring (bicyclic) bond motifs is 2. The van der Waals surface area contributed by atoms with Crippen LogP contribution in [0.5, 0.6) is 0 Å². The van der Waals surface area contributed by atoms with E-state index in [0.717, 1.165) is 44.5 Å². The van der Waals surface area contributed by atoms with Gasteiger partial charge in [0.2, 0.25) is 5.91 Å². The first-order valence-electron chi connectivity index (χ1n) is 12.3. The second-order valence-electron chi connectivity index (χ2n) is 10.2. The Hall–Kier alpha value is -2.70. The van der Waals surface area contributed by atoms with Crippen LogP contribution < -0.4 is 0 Å². The van der Waals surface area contributed by atoms with Crippen LogP contribution in [0.1, 0.15) is 93.0 Å². The number of hydrogen-bond acceptors (Lipinski definition) is 4. The van der Waals surface area contributed by atoms with E-state index in [0.29, 0.717) is 36.1 Å². The Kier molecular flexibility index (Phi) is 5.00. The van der Waals surface area contributed by atoms with Gasteiger partial charge < -0.3 is 9.88 Å². The molecule has 7 nitrogen and oxygen atoms in total. The van der Waals surface area contributed by atoms with Crippen LogP contribution in [-0.4, -0.2) is 49.0 Å². The van der Waals surface area contributed by atoms with Gasteiger partial charge in [0.15, 0.2) is 5.82 Å². The summed E-state index contributed by atoms with van der Waals surface area (Å²) in [5.74, 6) is 2.79. The first-order valence-corrected chi connectivity index (χ1v) is 12.3. The van der Waals surface area contributed by atoms with Gasteiger partial charge in [-0.1, -0.05) is 30.7 Å². The third-order valence-electron chi connectivity index (χ3n) is 8.17. The molecule has 6 rings (SSSR count). The van der Waals surface area contributed by atoms with Gasteiger partial charge in [-0.05, 0) is 73.5 Å². The fraction of sp³-hybridized carbons (Fsp3) is 0.600. The molecule has 3 aliphatic rings. The van der Waals surface area contributed by atoms with Gasteiger partial charge in [-0.15, -0.1) is 10.2 Å². The predicted octanol–water partition coefficient (Wildman–Crippen LogP) is 4.63. The fourth-order valence-corrected chi connectivity index (χ4v) is 6.50. The minimum absolute atomic E-state index is 0.202. The monoisotopic (exact) mass is 432 g/mol. The van der Waals surface area contributed by atoms with Crippen LogP contribution >= 0.6 is 0 Å². The van der Waals surface area contributed by atoms with E-state index in [4.69, 9.17) is 0 Å². The molecule has 1 amide bonds. The number of hydrogen-bond donors (Lipinski definition) is 2. The standard InChI is InChI=1S/C25H32N6O/c1-15(20-14-26-21-8-2-5-17(24(20)21)16-10-11-16)13-23(32)31-12-4-7-18-19(6-3-9-22(18)31)25-27-29-30-28-25/h2,5,8,14-16,18-19,22,26H,3-4,6-7,9-13H2,1H3,(H,27,28,29,30). The van der Waals surface area contributed by atoms with Gasteiger partial charge in [0, 0.05) is 42.0 Å². The minimum atomic E-state index is 0.202. The second kappa shape index (κ2) is 8.01. The number of carbonyl (C=O) groups excluding carboxylic acids is 1. The van der Waals surface area contributed by atoms with Crippen LogP contribution in [0.3, 0.4) is 0 Å². The third-order valence-corrected chi connectivity index (χ3v) is 8.17. The van der Waals surface area contributed by atoms with E-state index in [1.165, 1.54) is 34.9 Å². The summed E-state index contributed by atoms with van der Waals surface area (Å²) in [7, 11) is 0. The summed E-state index contributed by atoms with van der Waals surface area (Å²) >= 11 is 0. The van der Waals surface area contributed by atoms with Gasteiger partial charge in [0.1, 0.15) is 0 Å². The highest BCUT2D eigenvalue weighted by molar-refractivity contribution is 5.89. The molecule has 0 radical (unpaired) electrons. The van der Waals surface area contributed by atoms with E-state index in [2.05, 4.69) is 61.8 Å². The molecule has 7 heteroatoms. The van der Waals surface area contributed by atoms with Crippen molar-refractivity contribution in [2.24, 2.45) is 5.92 Å². The molecule has 2 N–H and O–H groups in total. The molecule has 3 fully saturated rings. The maximum atomic E-state index is 13.6.